The SMILES string of the molecule is CC(CNc1nc[nH]c(=O)c1Br)c1nccs1. The van der Waals surface area contributed by atoms with E-state index in [1.54, 1.807) is 17.5 Å². The van der Waals surface area contributed by atoms with E-state index in [2.05, 4.69) is 43.1 Å². The highest BCUT2D eigenvalue weighted by Gasteiger charge is 2.10. The number of aromatic amines is 1. The number of nitrogens with one attached hydrogen (secondary N) is 2. The summed E-state index contributed by atoms with van der Waals surface area (Å²) in [5.41, 5.74) is -0.190. The highest BCUT2D eigenvalue weighted by Crippen LogP contribution is 2.19. The Kier molecular flexibility index (Phi) is 3.90. The van der Waals surface area contributed by atoms with E-state index in [0.29, 0.717) is 16.8 Å². The van der Waals surface area contributed by atoms with Gasteiger partial charge in [-0.3, -0.25) is 4.79 Å². The average Bonchev–Trinajstić information content (AvgIpc) is 2.84. The molecule has 2 aromatic heterocycles. The summed E-state index contributed by atoms with van der Waals surface area (Å²) in [5, 5.41) is 6.15. The molecule has 1 unspecified atom stereocenters. The fraction of sp³-hybridized carbons (Fsp3) is 0.300. The highest BCUT2D eigenvalue weighted by atomic mass is 79.9. The Labute approximate surface area is 110 Å². The largest absolute Gasteiger partial charge is 0.368 e. The predicted octanol–water partition coefficient (Wildman–Crippen LogP) is 2.20. The van der Waals surface area contributed by atoms with Crippen molar-refractivity contribution in [3.63, 3.8) is 0 Å². The van der Waals surface area contributed by atoms with Gasteiger partial charge in [0.05, 0.1) is 11.3 Å². The molecule has 0 spiro atoms. The molecule has 0 aromatic carbocycles. The van der Waals surface area contributed by atoms with E-state index in [4.69, 9.17) is 0 Å². The number of halogens is 1. The molecule has 0 saturated heterocycles. The fourth-order valence-corrected chi connectivity index (χ4v) is 2.38. The lowest BCUT2D eigenvalue weighted by atomic mass is 10.2. The lowest BCUT2D eigenvalue weighted by Gasteiger charge is -2.10. The molecule has 2 rings (SSSR count). The maximum atomic E-state index is 11.3. The molecule has 0 amide bonds. The summed E-state index contributed by atoms with van der Waals surface area (Å²) in [4.78, 5) is 22.1. The fourth-order valence-electron chi connectivity index (χ4n) is 1.32. The topological polar surface area (TPSA) is 70.7 Å². The van der Waals surface area contributed by atoms with Crippen molar-refractivity contribution in [1.82, 2.24) is 15.0 Å². The Morgan fingerprint density at radius 3 is 3.12 bits per heavy atom. The van der Waals surface area contributed by atoms with Crippen LogP contribution in [0.3, 0.4) is 0 Å². The zero-order valence-corrected chi connectivity index (χ0v) is 11.5. The van der Waals surface area contributed by atoms with E-state index in [0.717, 1.165) is 5.01 Å². The van der Waals surface area contributed by atoms with Crippen molar-refractivity contribution in [3.8, 4) is 0 Å². The van der Waals surface area contributed by atoms with E-state index < -0.39 is 0 Å². The molecule has 0 aliphatic rings. The van der Waals surface area contributed by atoms with E-state index in [9.17, 15) is 4.79 Å². The van der Waals surface area contributed by atoms with E-state index in [-0.39, 0.29) is 11.5 Å². The van der Waals surface area contributed by atoms with Crippen molar-refractivity contribution in [2.75, 3.05) is 11.9 Å². The number of H-pyrrole nitrogens is 1. The van der Waals surface area contributed by atoms with Crippen molar-refractivity contribution in [2.24, 2.45) is 0 Å². The summed E-state index contributed by atoms with van der Waals surface area (Å²) >= 11 is 4.82. The molecule has 2 heterocycles. The zero-order chi connectivity index (χ0) is 12.3. The zero-order valence-electron chi connectivity index (χ0n) is 9.11. The van der Waals surface area contributed by atoms with Crippen molar-refractivity contribution in [3.05, 3.63) is 37.7 Å². The lowest BCUT2D eigenvalue weighted by molar-refractivity contribution is 0.790. The number of anilines is 1. The summed E-state index contributed by atoms with van der Waals surface area (Å²) in [6.45, 7) is 2.76. The molecular weight excluding hydrogens is 304 g/mol. The number of aromatic nitrogens is 3. The Bertz CT molecular complexity index is 539. The van der Waals surface area contributed by atoms with Gasteiger partial charge in [-0.25, -0.2) is 9.97 Å². The second kappa shape index (κ2) is 5.42. The average molecular weight is 315 g/mol. The number of hydrogen-bond acceptors (Lipinski definition) is 5. The quantitative estimate of drug-likeness (QED) is 0.907. The van der Waals surface area contributed by atoms with Gasteiger partial charge in [0, 0.05) is 24.0 Å². The first-order valence-electron chi connectivity index (χ1n) is 5.05. The first kappa shape index (κ1) is 12.3. The minimum Gasteiger partial charge on any atom is -0.368 e. The third-order valence-corrected chi connectivity index (χ3v) is 3.99. The van der Waals surface area contributed by atoms with Crippen LogP contribution in [0.25, 0.3) is 0 Å². The molecular formula is C10H11BrN4OS. The van der Waals surface area contributed by atoms with Gasteiger partial charge in [-0.15, -0.1) is 11.3 Å². The van der Waals surface area contributed by atoms with Gasteiger partial charge >= 0.3 is 0 Å². The van der Waals surface area contributed by atoms with Crippen LogP contribution >= 0.6 is 27.3 Å². The number of thiazole rings is 1. The van der Waals surface area contributed by atoms with Crippen LogP contribution in [0.15, 0.2) is 27.2 Å². The Morgan fingerprint density at radius 1 is 1.59 bits per heavy atom. The Balaban J connectivity index is 2.03. The third kappa shape index (κ3) is 2.92. The maximum Gasteiger partial charge on any atom is 0.267 e. The van der Waals surface area contributed by atoms with Crippen LogP contribution in [0.5, 0.6) is 0 Å². The van der Waals surface area contributed by atoms with E-state index in [1.807, 2.05) is 5.38 Å². The molecule has 0 fully saturated rings. The van der Waals surface area contributed by atoms with Gasteiger partial charge in [-0.05, 0) is 15.9 Å². The van der Waals surface area contributed by atoms with Crippen LogP contribution in [0.1, 0.15) is 17.8 Å². The Morgan fingerprint density at radius 2 is 2.41 bits per heavy atom. The molecule has 2 N–H and O–H groups in total. The molecule has 0 aliphatic carbocycles. The number of hydrogen-bond donors (Lipinski definition) is 2. The van der Waals surface area contributed by atoms with Crippen LogP contribution in [-0.4, -0.2) is 21.5 Å². The second-order valence-corrected chi connectivity index (χ2v) is 5.27. The summed E-state index contributed by atoms with van der Waals surface area (Å²) < 4.78 is 0.423. The van der Waals surface area contributed by atoms with Crippen molar-refractivity contribution < 1.29 is 0 Å². The molecule has 1 atom stereocenters. The minimum absolute atomic E-state index is 0.190. The van der Waals surface area contributed by atoms with Crippen LogP contribution in [-0.2, 0) is 0 Å². The predicted molar refractivity (Wildman–Crippen MR) is 71.6 cm³/mol. The molecule has 0 radical (unpaired) electrons. The first-order valence-corrected chi connectivity index (χ1v) is 6.72. The van der Waals surface area contributed by atoms with Gasteiger partial charge in [0.15, 0.2) is 0 Å². The highest BCUT2D eigenvalue weighted by molar-refractivity contribution is 9.10. The van der Waals surface area contributed by atoms with Crippen LogP contribution in [0.2, 0.25) is 0 Å². The number of nitrogens with zero attached hydrogens (tertiary/aromatic N) is 2. The molecule has 2 aromatic rings. The van der Waals surface area contributed by atoms with Crippen LogP contribution in [0.4, 0.5) is 5.82 Å². The van der Waals surface area contributed by atoms with Crippen molar-refractivity contribution in [1.29, 1.82) is 0 Å². The second-order valence-electron chi connectivity index (χ2n) is 3.55. The maximum absolute atomic E-state index is 11.3. The normalized spacial score (nSPS) is 12.4. The van der Waals surface area contributed by atoms with E-state index in [1.165, 1.54) is 6.33 Å². The van der Waals surface area contributed by atoms with Crippen LogP contribution < -0.4 is 10.9 Å². The van der Waals surface area contributed by atoms with Crippen molar-refractivity contribution in [2.45, 2.75) is 12.8 Å². The van der Waals surface area contributed by atoms with Crippen LogP contribution in [0, 0.1) is 0 Å². The summed E-state index contributed by atoms with van der Waals surface area (Å²) in [6.07, 6.45) is 3.17. The molecule has 7 heteroatoms. The van der Waals surface area contributed by atoms with Gasteiger partial charge in [-0.2, -0.15) is 0 Å². The van der Waals surface area contributed by atoms with Gasteiger partial charge in [-0.1, -0.05) is 6.92 Å². The summed E-state index contributed by atoms with van der Waals surface area (Å²) in [7, 11) is 0. The molecule has 0 bridgehead atoms. The molecule has 17 heavy (non-hydrogen) atoms. The van der Waals surface area contributed by atoms with Gasteiger partial charge < -0.3 is 10.3 Å². The van der Waals surface area contributed by atoms with Gasteiger partial charge in [0.25, 0.3) is 5.56 Å². The summed E-state index contributed by atoms with van der Waals surface area (Å²) in [5.74, 6) is 0.833. The smallest absolute Gasteiger partial charge is 0.267 e. The standard InChI is InChI=1S/C10H11BrN4OS/c1-6(10-12-2-3-17-10)4-13-8-7(11)9(16)15-5-14-8/h2-3,5-6H,4H2,1H3,(H2,13,14,15,16). The van der Waals surface area contributed by atoms with Gasteiger partial charge in [0.1, 0.15) is 10.3 Å². The van der Waals surface area contributed by atoms with Crippen molar-refractivity contribution >= 4 is 33.1 Å². The minimum atomic E-state index is -0.190. The monoisotopic (exact) mass is 314 g/mol. The molecule has 90 valence electrons. The lowest BCUT2D eigenvalue weighted by Crippen LogP contribution is -2.15. The third-order valence-electron chi connectivity index (χ3n) is 2.25. The number of rotatable bonds is 4. The molecule has 0 aliphatic heterocycles. The van der Waals surface area contributed by atoms with E-state index >= 15 is 0 Å². The first-order chi connectivity index (χ1) is 8.18. The Hall–Kier alpha value is -1.21. The molecule has 0 saturated carbocycles. The summed E-state index contributed by atoms with van der Waals surface area (Å²) in [6, 6.07) is 0. The molecule has 5 nitrogen and oxygen atoms in total. The van der Waals surface area contributed by atoms with Gasteiger partial charge in [0.2, 0.25) is 0 Å².